The van der Waals surface area contributed by atoms with E-state index in [1.807, 2.05) is 0 Å². The molecule has 1 aromatic carbocycles. The lowest BCUT2D eigenvalue weighted by molar-refractivity contribution is 0.0950. The van der Waals surface area contributed by atoms with Crippen LogP contribution in [0.3, 0.4) is 0 Å². The number of halogens is 3. The summed E-state index contributed by atoms with van der Waals surface area (Å²) in [5.41, 5.74) is 1.19. The molecule has 1 amide bonds. The van der Waals surface area contributed by atoms with Crippen LogP contribution in [0.25, 0.3) is 21.8 Å². The molecule has 0 aliphatic heterocycles. The van der Waals surface area contributed by atoms with Gasteiger partial charge in [-0.05, 0) is 41.1 Å². The van der Waals surface area contributed by atoms with E-state index in [9.17, 15) is 14.0 Å². The van der Waals surface area contributed by atoms with Gasteiger partial charge in [0.2, 0.25) is 5.95 Å². The van der Waals surface area contributed by atoms with Gasteiger partial charge in [0, 0.05) is 52.7 Å². The summed E-state index contributed by atoms with van der Waals surface area (Å²) in [7, 11) is 0. The SMILES string of the molecule is O=C(NCc1cc2c(Cl)c[nH]c2nc1F)c1ccnc(Cn2cc3cc(Cl)ccc3cc2=O)c1. The maximum absolute atomic E-state index is 14.3. The first-order valence-electron chi connectivity index (χ1n) is 10.2. The van der Waals surface area contributed by atoms with Gasteiger partial charge >= 0.3 is 0 Å². The Bertz CT molecular complexity index is 1630. The highest BCUT2D eigenvalue weighted by Crippen LogP contribution is 2.23. The van der Waals surface area contributed by atoms with Gasteiger partial charge in [-0.25, -0.2) is 4.98 Å². The normalized spacial score (nSPS) is 11.3. The number of H-pyrrole nitrogens is 1. The highest BCUT2D eigenvalue weighted by molar-refractivity contribution is 6.35. The summed E-state index contributed by atoms with van der Waals surface area (Å²) < 4.78 is 15.8. The molecular weight excluding hydrogens is 480 g/mol. The fourth-order valence-electron chi connectivity index (χ4n) is 3.68. The number of amides is 1. The molecule has 0 aliphatic rings. The van der Waals surface area contributed by atoms with Gasteiger partial charge in [-0.1, -0.05) is 29.3 Å². The third kappa shape index (κ3) is 4.37. The first kappa shape index (κ1) is 22.1. The lowest BCUT2D eigenvalue weighted by atomic mass is 10.1. The van der Waals surface area contributed by atoms with Crippen molar-refractivity contribution >= 4 is 50.9 Å². The molecule has 34 heavy (non-hydrogen) atoms. The number of aromatic nitrogens is 4. The molecule has 0 fully saturated rings. The van der Waals surface area contributed by atoms with Crippen molar-refractivity contribution in [3.8, 4) is 0 Å². The van der Waals surface area contributed by atoms with Gasteiger partial charge in [0.1, 0.15) is 5.65 Å². The molecule has 5 rings (SSSR count). The molecule has 0 aliphatic carbocycles. The molecule has 0 unspecified atom stereocenters. The third-order valence-corrected chi connectivity index (χ3v) is 5.95. The van der Waals surface area contributed by atoms with E-state index in [2.05, 4.69) is 20.3 Å². The molecule has 2 N–H and O–H groups in total. The zero-order valence-corrected chi connectivity index (χ0v) is 19.0. The smallest absolute Gasteiger partial charge is 0.251 e. The molecule has 4 heterocycles. The van der Waals surface area contributed by atoms with Crippen molar-refractivity contribution in [2.75, 3.05) is 0 Å². The zero-order chi connectivity index (χ0) is 23.8. The molecule has 0 radical (unpaired) electrons. The van der Waals surface area contributed by atoms with E-state index < -0.39 is 11.9 Å². The molecule has 170 valence electrons. The Morgan fingerprint density at radius 1 is 1.12 bits per heavy atom. The second-order valence-electron chi connectivity index (χ2n) is 7.70. The molecule has 4 aromatic heterocycles. The number of hydrogen-bond acceptors (Lipinski definition) is 4. The van der Waals surface area contributed by atoms with Crippen LogP contribution in [0.15, 0.2) is 65.8 Å². The minimum atomic E-state index is -0.697. The van der Waals surface area contributed by atoms with E-state index >= 15 is 0 Å². The predicted molar refractivity (Wildman–Crippen MR) is 129 cm³/mol. The van der Waals surface area contributed by atoms with Crippen LogP contribution in [-0.4, -0.2) is 25.4 Å². The number of carbonyl (C=O) groups is 1. The zero-order valence-electron chi connectivity index (χ0n) is 17.5. The number of hydrogen-bond donors (Lipinski definition) is 2. The Labute approximate surface area is 202 Å². The fraction of sp³-hybridized carbons (Fsp3) is 0.0833. The first-order chi connectivity index (χ1) is 16.4. The van der Waals surface area contributed by atoms with Crippen LogP contribution in [0.1, 0.15) is 21.6 Å². The van der Waals surface area contributed by atoms with E-state index in [1.54, 1.807) is 42.6 Å². The van der Waals surface area contributed by atoms with Crippen molar-refractivity contribution in [1.29, 1.82) is 0 Å². The number of nitrogens with one attached hydrogen (secondary N) is 2. The maximum atomic E-state index is 14.3. The molecule has 0 bridgehead atoms. The van der Waals surface area contributed by atoms with Crippen LogP contribution in [-0.2, 0) is 13.1 Å². The van der Waals surface area contributed by atoms with Crippen molar-refractivity contribution in [3.05, 3.63) is 104 Å². The summed E-state index contributed by atoms with van der Waals surface area (Å²) in [4.78, 5) is 36.1. The molecule has 5 aromatic rings. The lowest BCUT2D eigenvalue weighted by Gasteiger charge is -2.10. The highest BCUT2D eigenvalue weighted by atomic mass is 35.5. The summed E-state index contributed by atoms with van der Waals surface area (Å²) in [5, 5.41) is 5.84. The number of pyridine rings is 3. The minimum absolute atomic E-state index is 0.0718. The van der Waals surface area contributed by atoms with Gasteiger partial charge < -0.3 is 14.9 Å². The standard InChI is InChI=1S/C24H16Cl2FN5O2/c25-17-2-1-13-8-21(33)32(11-16(13)5-17)12-18-6-14(3-4-28-18)24(34)30-9-15-7-19-20(26)10-29-23(19)31-22(15)27/h1-8,10-11H,9,12H2,(H,29,31)(H,30,34). The topological polar surface area (TPSA) is 92.7 Å². The van der Waals surface area contributed by atoms with Crippen molar-refractivity contribution in [3.63, 3.8) is 0 Å². The Hall–Kier alpha value is -3.75. The van der Waals surface area contributed by atoms with Gasteiger partial charge in [-0.2, -0.15) is 4.39 Å². The predicted octanol–water partition coefficient (Wildman–Crippen LogP) is 4.70. The average molecular weight is 496 g/mol. The molecule has 0 saturated heterocycles. The van der Waals surface area contributed by atoms with Crippen LogP contribution < -0.4 is 10.9 Å². The Morgan fingerprint density at radius 2 is 1.97 bits per heavy atom. The quantitative estimate of drug-likeness (QED) is 0.345. The summed E-state index contributed by atoms with van der Waals surface area (Å²) in [6.45, 7) is 0.0985. The summed E-state index contributed by atoms with van der Waals surface area (Å²) in [6, 6.07) is 11.5. The second kappa shape index (κ2) is 8.89. The number of nitrogens with zero attached hydrogens (tertiary/aromatic N) is 3. The van der Waals surface area contributed by atoms with E-state index in [4.69, 9.17) is 23.2 Å². The molecular formula is C24H16Cl2FN5O2. The maximum Gasteiger partial charge on any atom is 0.251 e. The molecule has 10 heteroatoms. The number of carbonyl (C=O) groups excluding carboxylic acids is 1. The van der Waals surface area contributed by atoms with Crippen LogP contribution in [0.4, 0.5) is 4.39 Å². The molecule has 0 spiro atoms. The van der Waals surface area contributed by atoms with Crippen LogP contribution in [0.2, 0.25) is 10.0 Å². The van der Waals surface area contributed by atoms with Crippen molar-refractivity contribution in [1.82, 2.24) is 24.8 Å². The van der Waals surface area contributed by atoms with Crippen LogP contribution >= 0.6 is 23.2 Å². The number of fused-ring (bicyclic) bond motifs is 2. The Balaban J connectivity index is 1.34. The summed E-state index contributed by atoms with van der Waals surface area (Å²) in [6.07, 6.45) is 4.71. The van der Waals surface area contributed by atoms with Crippen molar-refractivity contribution in [2.45, 2.75) is 13.1 Å². The van der Waals surface area contributed by atoms with Crippen molar-refractivity contribution < 1.29 is 9.18 Å². The van der Waals surface area contributed by atoms with Gasteiger partial charge in [0.05, 0.1) is 17.3 Å². The molecule has 0 atom stereocenters. The second-order valence-corrected chi connectivity index (χ2v) is 8.55. The average Bonchev–Trinajstić information content (AvgIpc) is 3.17. The summed E-state index contributed by atoms with van der Waals surface area (Å²) >= 11 is 12.1. The van der Waals surface area contributed by atoms with Crippen LogP contribution in [0, 0.1) is 5.95 Å². The number of rotatable bonds is 5. The monoisotopic (exact) mass is 495 g/mol. The fourth-order valence-corrected chi connectivity index (χ4v) is 4.05. The van der Waals surface area contributed by atoms with Gasteiger partial charge in [0.25, 0.3) is 11.5 Å². The summed E-state index contributed by atoms with van der Waals surface area (Å²) in [5.74, 6) is -1.11. The third-order valence-electron chi connectivity index (χ3n) is 5.40. The number of benzene rings is 1. The highest BCUT2D eigenvalue weighted by Gasteiger charge is 2.13. The first-order valence-corrected chi connectivity index (χ1v) is 11.0. The van der Waals surface area contributed by atoms with Gasteiger partial charge in [-0.15, -0.1) is 0 Å². The van der Waals surface area contributed by atoms with E-state index in [0.717, 1.165) is 10.8 Å². The number of aromatic amines is 1. The Kier molecular flexibility index (Phi) is 5.77. The van der Waals surface area contributed by atoms with Gasteiger partial charge in [0.15, 0.2) is 0 Å². The van der Waals surface area contributed by atoms with E-state index in [-0.39, 0.29) is 24.2 Å². The Morgan fingerprint density at radius 3 is 2.82 bits per heavy atom. The van der Waals surface area contributed by atoms with Crippen molar-refractivity contribution in [2.24, 2.45) is 0 Å². The lowest BCUT2D eigenvalue weighted by Crippen LogP contribution is -2.24. The van der Waals surface area contributed by atoms with E-state index in [0.29, 0.717) is 32.3 Å². The van der Waals surface area contributed by atoms with Crippen LogP contribution in [0.5, 0.6) is 0 Å². The largest absolute Gasteiger partial charge is 0.348 e. The molecule has 0 saturated carbocycles. The van der Waals surface area contributed by atoms with Gasteiger partial charge in [-0.3, -0.25) is 14.6 Å². The minimum Gasteiger partial charge on any atom is -0.348 e. The molecule has 7 nitrogen and oxygen atoms in total. The van der Waals surface area contributed by atoms with E-state index in [1.165, 1.54) is 23.0 Å².